The third kappa shape index (κ3) is 4.52. The fourth-order valence-corrected chi connectivity index (χ4v) is 5.71. The van der Waals surface area contributed by atoms with E-state index in [1.807, 2.05) is 60.7 Å². The lowest BCUT2D eigenvalue weighted by Crippen LogP contribution is -2.72. The summed E-state index contributed by atoms with van der Waals surface area (Å²) < 4.78 is 26.3. The van der Waals surface area contributed by atoms with E-state index >= 15 is 0 Å². The Morgan fingerprint density at radius 2 is 1.40 bits per heavy atom. The molecule has 7 heteroatoms. The number of ether oxygens (including phenoxy) is 4. The third-order valence-electron chi connectivity index (χ3n) is 7.45. The van der Waals surface area contributed by atoms with Gasteiger partial charge in [-0.1, -0.05) is 60.7 Å². The Morgan fingerprint density at radius 1 is 0.886 bits per heavy atom. The Bertz CT molecular complexity index is 1010. The summed E-state index contributed by atoms with van der Waals surface area (Å²) in [5, 5.41) is 19.6. The monoisotopic (exact) mass is 482 g/mol. The lowest BCUT2D eigenvalue weighted by molar-refractivity contribution is -0.473. The number of rotatable bonds is 5. The van der Waals surface area contributed by atoms with Gasteiger partial charge in [-0.05, 0) is 43.7 Å². The minimum absolute atomic E-state index is 0.109. The predicted molar refractivity (Wildman–Crippen MR) is 127 cm³/mol. The molecule has 35 heavy (non-hydrogen) atoms. The molecule has 3 aliphatic heterocycles. The summed E-state index contributed by atoms with van der Waals surface area (Å²) >= 11 is 0. The first-order valence-electron chi connectivity index (χ1n) is 12.6. The van der Waals surface area contributed by atoms with Crippen LogP contribution in [0.2, 0.25) is 0 Å². The fourth-order valence-electron chi connectivity index (χ4n) is 5.71. The van der Waals surface area contributed by atoms with Gasteiger partial charge in [-0.2, -0.15) is 0 Å². The molecule has 0 aromatic heterocycles. The molecule has 3 fully saturated rings. The van der Waals surface area contributed by atoms with Gasteiger partial charge in [0, 0.05) is 19.3 Å². The highest BCUT2D eigenvalue weighted by atomic mass is 16.8. The third-order valence-corrected chi connectivity index (χ3v) is 7.45. The van der Waals surface area contributed by atoms with Gasteiger partial charge in [-0.25, -0.2) is 4.79 Å². The fraction of sp³-hybridized carbons (Fsp3) is 0.536. The van der Waals surface area contributed by atoms with Crippen molar-refractivity contribution in [3.63, 3.8) is 0 Å². The molecule has 188 valence electrons. The summed E-state index contributed by atoms with van der Waals surface area (Å²) in [4.78, 5) is 13.4. The number of aliphatic hydroxyl groups excluding tert-OH is 2. The molecular weight excluding hydrogens is 448 g/mol. The van der Waals surface area contributed by atoms with Gasteiger partial charge < -0.3 is 29.2 Å². The first kappa shape index (κ1) is 24.4. The van der Waals surface area contributed by atoms with Crippen molar-refractivity contribution in [1.82, 2.24) is 0 Å². The summed E-state index contributed by atoms with van der Waals surface area (Å²) in [5.74, 6) is -3.38. The summed E-state index contributed by atoms with van der Waals surface area (Å²) in [6, 6.07) is 19.9. The predicted octanol–water partition coefficient (Wildman–Crippen LogP) is 4.34. The first-order chi connectivity index (χ1) is 16.9. The zero-order valence-electron chi connectivity index (χ0n) is 20.1. The van der Waals surface area contributed by atoms with Crippen LogP contribution in [0.1, 0.15) is 75.2 Å². The minimum Gasteiger partial charge on any atom is -0.425 e. The summed E-state index contributed by atoms with van der Waals surface area (Å²) in [5.41, 5.74) is 0.543. The van der Waals surface area contributed by atoms with Crippen LogP contribution < -0.4 is 0 Å². The maximum atomic E-state index is 13.4. The Kier molecular flexibility index (Phi) is 6.72. The Hall–Kier alpha value is -2.29. The van der Waals surface area contributed by atoms with Crippen molar-refractivity contribution >= 4 is 5.97 Å². The van der Waals surface area contributed by atoms with Gasteiger partial charge in [0.05, 0.1) is 24.9 Å². The van der Waals surface area contributed by atoms with Crippen LogP contribution in [0.3, 0.4) is 0 Å². The van der Waals surface area contributed by atoms with Crippen molar-refractivity contribution in [2.75, 3.05) is 6.61 Å². The van der Waals surface area contributed by atoms with Crippen LogP contribution in [0.15, 0.2) is 60.7 Å². The normalized spacial score (nSPS) is 36.1. The molecule has 0 saturated carbocycles. The van der Waals surface area contributed by atoms with Gasteiger partial charge in [-0.3, -0.25) is 0 Å². The number of benzene rings is 2. The topological polar surface area (TPSA) is 94.5 Å². The van der Waals surface area contributed by atoms with Gasteiger partial charge in [0.2, 0.25) is 5.79 Å². The Labute approximate surface area is 206 Å². The van der Waals surface area contributed by atoms with Crippen LogP contribution >= 0.6 is 0 Å². The highest BCUT2D eigenvalue weighted by Crippen LogP contribution is 2.56. The number of hydrogen-bond acceptors (Lipinski definition) is 7. The number of aliphatic hydroxyl groups is 2. The molecular formula is C28H34O7. The number of carbonyl (C=O) groups is 1. The van der Waals surface area contributed by atoms with Crippen LogP contribution in [0.4, 0.5) is 0 Å². The highest BCUT2D eigenvalue weighted by molar-refractivity contribution is 5.80. The zero-order chi connectivity index (χ0) is 24.5. The Balaban J connectivity index is 1.54. The second-order valence-electron chi connectivity index (χ2n) is 10.1. The second-order valence-corrected chi connectivity index (χ2v) is 10.1. The minimum atomic E-state index is -1.49. The van der Waals surface area contributed by atoms with Crippen LogP contribution in [-0.4, -0.2) is 46.1 Å². The van der Waals surface area contributed by atoms with Gasteiger partial charge in [0.15, 0.2) is 5.60 Å². The van der Waals surface area contributed by atoms with E-state index in [2.05, 4.69) is 0 Å². The smallest absolute Gasteiger partial charge is 0.341 e. The maximum absolute atomic E-state index is 13.4. The molecule has 5 rings (SSSR count). The quantitative estimate of drug-likeness (QED) is 0.613. The van der Waals surface area contributed by atoms with E-state index in [0.717, 1.165) is 36.8 Å². The molecule has 3 heterocycles. The number of hydrogen-bond donors (Lipinski definition) is 2. The van der Waals surface area contributed by atoms with E-state index in [4.69, 9.17) is 18.9 Å². The van der Waals surface area contributed by atoms with Gasteiger partial charge in [0.1, 0.15) is 0 Å². The molecule has 0 unspecified atom stereocenters. The summed E-state index contributed by atoms with van der Waals surface area (Å²) in [6.45, 7) is 1.11. The van der Waals surface area contributed by atoms with Crippen molar-refractivity contribution in [2.45, 2.75) is 87.4 Å². The number of esters is 1. The molecule has 0 bridgehead atoms. The van der Waals surface area contributed by atoms with E-state index in [1.165, 1.54) is 0 Å². The van der Waals surface area contributed by atoms with E-state index in [9.17, 15) is 15.0 Å². The lowest BCUT2D eigenvalue weighted by Gasteiger charge is -2.59. The van der Waals surface area contributed by atoms with Crippen molar-refractivity contribution in [3.8, 4) is 0 Å². The van der Waals surface area contributed by atoms with E-state index in [1.54, 1.807) is 6.92 Å². The van der Waals surface area contributed by atoms with E-state index in [0.29, 0.717) is 12.8 Å². The standard InChI is InChI=1S/C28H34O7/c1-26(18-22(30)19-29)25(31)34-27(16-8-14-23(32-27)20-10-4-2-5-11-20)28(35-26)17-9-15-24(33-28)21-12-6-3-7-13-21/h2-7,10-13,22-24,29-30H,8-9,14-19H2,1H3/t22-,23-,24+,26-,27+,28+/m1/s1. The molecule has 3 saturated heterocycles. The largest absolute Gasteiger partial charge is 0.425 e. The van der Waals surface area contributed by atoms with Crippen LogP contribution in [0, 0.1) is 0 Å². The number of fused-ring (bicyclic) bond motifs is 1. The molecule has 2 N–H and O–H groups in total. The van der Waals surface area contributed by atoms with Crippen LogP contribution in [0.25, 0.3) is 0 Å². The van der Waals surface area contributed by atoms with Gasteiger partial charge in [-0.15, -0.1) is 0 Å². The van der Waals surface area contributed by atoms with Crippen LogP contribution in [0.5, 0.6) is 0 Å². The second kappa shape index (κ2) is 9.64. The average Bonchev–Trinajstić information content (AvgIpc) is 2.89. The molecule has 6 atom stereocenters. The summed E-state index contributed by atoms with van der Waals surface area (Å²) in [6.07, 6.45) is 2.32. The lowest BCUT2D eigenvalue weighted by atomic mass is 9.83. The Morgan fingerprint density at radius 3 is 1.94 bits per heavy atom. The molecule has 0 amide bonds. The first-order valence-corrected chi connectivity index (χ1v) is 12.6. The number of carbonyl (C=O) groups excluding carboxylic acids is 1. The molecule has 2 aromatic rings. The average molecular weight is 483 g/mol. The molecule has 3 aliphatic rings. The molecule has 0 aliphatic carbocycles. The van der Waals surface area contributed by atoms with E-state index < -0.39 is 35.9 Å². The SMILES string of the molecule is C[C@]1(C[C@@H](O)CO)O[C@@]2(CCC[C@@H](c3ccccc3)O2)[C@]2(CCC[C@H](c3ccccc3)O2)OC1=O. The van der Waals surface area contributed by atoms with Crippen molar-refractivity contribution < 1.29 is 34.0 Å². The molecule has 7 nitrogen and oxygen atoms in total. The van der Waals surface area contributed by atoms with Crippen molar-refractivity contribution in [3.05, 3.63) is 71.8 Å². The highest BCUT2D eigenvalue weighted by Gasteiger charge is 2.69. The molecule has 2 aromatic carbocycles. The molecule has 0 radical (unpaired) electrons. The molecule has 2 spiro atoms. The summed E-state index contributed by atoms with van der Waals surface area (Å²) in [7, 11) is 0. The zero-order valence-corrected chi connectivity index (χ0v) is 20.1. The van der Waals surface area contributed by atoms with Gasteiger partial charge >= 0.3 is 5.97 Å². The van der Waals surface area contributed by atoms with Crippen molar-refractivity contribution in [2.24, 2.45) is 0 Å². The van der Waals surface area contributed by atoms with Crippen LogP contribution in [-0.2, 0) is 23.7 Å². The van der Waals surface area contributed by atoms with E-state index in [-0.39, 0.29) is 18.6 Å². The maximum Gasteiger partial charge on any atom is 0.341 e. The van der Waals surface area contributed by atoms with Gasteiger partial charge in [0.25, 0.3) is 5.79 Å². The van der Waals surface area contributed by atoms with Crippen molar-refractivity contribution in [1.29, 1.82) is 0 Å².